The number of fused-ring (bicyclic) bond motifs is 1. The molecule has 1 fully saturated rings. The number of methoxy groups -OCH3 is 1. The van der Waals surface area contributed by atoms with Gasteiger partial charge in [-0.2, -0.15) is 10.4 Å². The summed E-state index contributed by atoms with van der Waals surface area (Å²) in [7, 11) is 1.28. The van der Waals surface area contributed by atoms with Gasteiger partial charge in [-0.25, -0.2) is 18.3 Å². The van der Waals surface area contributed by atoms with Gasteiger partial charge in [0.2, 0.25) is 5.91 Å². The Morgan fingerprint density at radius 1 is 1.30 bits per heavy atom. The molecule has 2 unspecified atom stereocenters. The number of halogens is 2. The predicted molar refractivity (Wildman–Crippen MR) is 156 cm³/mol. The molecule has 0 aromatic carbocycles. The van der Waals surface area contributed by atoms with Crippen molar-refractivity contribution in [1.82, 2.24) is 14.6 Å². The molecule has 0 saturated carbocycles. The van der Waals surface area contributed by atoms with Gasteiger partial charge in [0.15, 0.2) is 5.67 Å². The van der Waals surface area contributed by atoms with E-state index in [1.165, 1.54) is 13.3 Å². The van der Waals surface area contributed by atoms with Crippen molar-refractivity contribution < 1.29 is 28.2 Å². The predicted octanol–water partition coefficient (Wildman–Crippen LogP) is 4.03. The maximum absolute atomic E-state index is 16.7. The highest BCUT2D eigenvalue weighted by atomic mass is 19.1. The van der Waals surface area contributed by atoms with E-state index in [-0.39, 0.29) is 12.2 Å². The molecule has 0 bridgehead atoms. The van der Waals surface area contributed by atoms with Crippen molar-refractivity contribution in [3.63, 3.8) is 0 Å². The third kappa shape index (κ3) is 5.58. The molecule has 1 amide bonds. The number of rotatable bonds is 8. The lowest BCUT2D eigenvalue weighted by Crippen LogP contribution is -2.58. The molecule has 43 heavy (non-hydrogen) atoms. The van der Waals surface area contributed by atoms with E-state index < -0.39 is 34.5 Å². The normalized spacial score (nSPS) is 22.1. The van der Waals surface area contributed by atoms with Crippen molar-refractivity contribution >= 4 is 17.2 Å². The Hall–Kier alpha value is -4.34. The van der Waals surface area contributed by atoms with Crippen molar-refractivity contribution in [3.05, 3.63) is 65.9 Å². The lowest BCUT2D eigenvalue weighted by molar-refractivity contribution is -0.120. The Morgan fingerprint density at radius 2 is 2.02 bits per heavy atom. The Labute approximate surface area is 248 Å². The standard InChI is InChI=1S/C31H34F2N6O4/c1-29(2,41)18-43-22-12-23(26-20(14-34)16-37-39(26)17-22)19-5-6-25(36-15-19)38-9-7-30(3,8-10-38)31(33)13-21(32)11-24(28(35)40)27(31)42-4/h5-6,11-13,15-17,27,41H,7-10,18H2,1-4H3,(H2,35,40). The maximum Gasteiger partial charge on any atom is 0.247 e. The fourth-order valence-corrected chi connectivity index (χ4v) is 5.84. The van der Waals surface area contributed by atoms with Gasteiger partial charge in [0.1, 0.15) is 36.2 Å². The summed E-state index contributed by atoms with van der Waals surface area (Å²) in [4.78, 5) is 18.6. The molecule has 1 aliphatic carbocycles. The van der Waals surface area contributed by atoms with Crippen LogP contribution in [0.2, 0.25) is 0 Å². The number of carbonyl (C=O) groups excluding carboxylic acids is 1. The molecule has 0 spiro atoms. The second kappa shape index (κ2) is 11.1. The molecule has 2 aliphatic rings. The minimum absolute atomic E-state index is 0.0588. The topological polar surface area (TPSA) is 139 Å². The lowest BCUT2D eigenvalue weighted by Gasteiger charge is -2.50. The van der Waals surface area contributed by atoms with Crippen LogP contribution in [0.5, 0.6) is 5.75 Å². The Bertz CT molecular complexity index is 1650. The first-order valence-electron chi connectivity index (χ1n) is 13.9. The number of anilines is 1. The van der Waals surface area contributed by atoms with Crippen LogP contribution in [-0.4, -0.2) is 69.8 Å². The molecule has 226 valence electrons. The van der Waals surface area contributed by atoms with Crippen LogP contribution in [0.4, 0.5) is 14.6 Å². The number of nitriles is 1. The zero-order valence-electron chi connectivity index (χ0n) is 24.5. The summed E-state index contributed by atoms with van der Waals surface area (Å²) >= 11 is 0. The van der Waals surface area contributed by atoms with Crippen LogP contribution in [-0.2, 0) is 9.53 Å². The minimum Gasteiger partial charge on any atom is -0.489 e. The van der Waals surface area contributed by atoms with Crippen molar-refractivity contribution in [2.24, 2.45) is 11.1 Å². The second-order valence-corrected chi connectivity index (χ2v) is 12.0. The van der Waals surface area contributed by atoms with E-state index >= 15 is 4.39 Å². The van der Waals surface area contributed by atoms with Gasteiger partial charge in [-0.15, -0.1) is 0 Å². The van der Waals surface area contributed by atoms with Gasteiger partial charge < -0.3 is 25.2 Å². The average Bonchev–Trinajstić information content (AvgIpc) is 3.38. The van der Waals surface area contributed by atoms with E-state index in [1.807, 2.05) is 17.0 Å². The van der Waals surface area contributed by atoms with E-state index in [4.69, 9.17) is 15.2 Å². The van der Waals surface area contributed by atoms with Gasteiger partial charge in [-0.05, 0) is 57.0 Å². The molecule has 12 heteroatoms. The second-order valence-electron chi connectivity index (χ2n) is 12.0. The number of primary amides is 1. The number of hydrogen-bond donors (Lipinski definition) is 2. The molecule has 3 aromatic heterocycles. The molecule has 2 atom stereocenters. The Balaban J connectivity index is 1.38. The van der Waals surface area contributed by atoms with E-state index in [2.05, 4.69) is 16.2 Å². The minimum atomic E-state index is -2.28. The van der Waals surface area contributed by atoms with Crippen LogP contribution in [0.25, 0.3) is 16.6 Å². The number of aliphatic hydroxyl groups is 1. The largest absolute Gasteiger partial charge is 0.489 e. The third-order valence-corrected chi connectivity index (χ3v) is 8.30. The number of ether oxygens (including phenoxy) is 2. The lowest BCUT2D eigenvalue weighted by atomic mass is 9.63. The monoisotopic (exact) mass is 592 g/mol. The summed E-state index contributed by atoms with van der Waals surface area (Å²) in [5, 5.41) is 24.0. The summed E-state index contributed by atoms with van der Waals surface area (Å²) in [5.74, 6) is -0.642. The maximum atomic E-state index is 16.7. The quantitative estimate of drug-likeness (QED) is 0.400. The summed E-state index contributed by atoms with van der Waals surface area (Å²) < 4.78 is 43.9. The van der Waals surface area contributed by atoms with Crippen LogP contribution < -0.4 is 15.4 Å². The van der Waals surface area contributed by atoms with Crippen LogP contribution in [0.3, 0.4) is 0 Å². The summed E-state index contributed by atoms with van der Waals surface area (Å²) in [6.45, 7) is 5.94. The number of nitrogens with two attached hydrogens (primary N) is 1. The van der Waals surface area contributed by atoms with Crippen molar-refractivity contribution in [2.75, 3.05) is 31.7 Å². The zero-order chi connectivity index (χ0) is 31.2. The number of nitrogens with zero attached hydrogens (tertiary/aromatic N) is 5. The SMILES string of the molecule is COC1C(C(N)=O)=CC(F)=CC1(F)C1(C)CCN(c2ccc(-c3cc(OCC(C)(C)O)cn4ncc(C#N)c34)cn2)CC1. The van der Waals surface area contributed by atoms with Gasteiger partial charge in [0.25, 0.3) is 0 Å². The highest BCUT2D eigenvalue weighted by Gasteiger charge is 2.57. The van der Waals surface area contributed by atoms with Gasteiger partial charge >= 0.3 is 0 Å². The number of amides is 1. The average molecular weight is 593 g/mol. The van der Waals surface area contributed by atoms with Crippen LogP contribution >= 0.6 is 0 Å². The molecule has 1 saturated heterocycles. The summed E-state index contributed by atoms with van der Waals surface area (Å²) in [5.41, 5.74) is 3.22. The zero-order valence-corrected chi connectivity index (χ0v) is 24.5. The van der Waals surface area contributed by atoms with Gasteiger partial charge in [-0.1, -0.05) is 6.92 Å². The van der Waals surface area contributed by atoms with E-state index in [1.54, 1.807) is 43.7 Å². The molecule has 3 N–H and O–H groups in total. The number of allylic oxidation sites excluding steroid dienone is 2. The first-order valence-corrected chi connectivity index (χ1v) is 13.9. The number of alkyl halides is 1. The number of carbonyl (C=O) groups is 1. The first kappa shape index (κ1) is 30.1. The third-order valence-electron chi connectivity index (χ3n) is 8.30. The van der Waals surface area contributed by atoms with Gasteiger partial charge in [-0.3, -0.25) is 4.79 Å². The molecule has 10 nitrogen and oxygen atoms in total. The molecule has 4 heterocycles. The Kier molecular flexibility index (Phi) is 7.75. The van der Waals surface area contributed by atoms with E-state index in [0.29, 0.717) is 54.1 Å². The van der Waals surface area contributed by atoms with Crippen molar-refractivity contribution in [2.45, 2.75) is 51.0 Å². The molecular formula is C31H34F2N6O4. The summed E-state index contributed by atoms with van der Waals surface area (Å²) in [6, 6.07) is 7.67. The fraction of sp³-hybridized carbons (Fsp3) is 0.419. The van der Waals surface area contributed by atoms with Crippen LogP contribution in [0.15, 0.2) is 60.3 Å². The molecule has 3 aromatic rings. The highest BCUT2D eigenvalue weighted by Crippen LogP contribution is 2.51. The van der Waals surface area contributed by atoms with Gasteiger partial charge in [0.05, 0.1) is 34.6 Å². The number of hydrogen-bond acceptors (Lipinski definition) is 8. The number of pyridine rings is 2. The molecular weight excluding hydrogens is 558 g/mol. The van der Waals surface area contributed by atoms with Crippen molar-refractivity contribution in [1.29, 1.82) is 5.26 Å². The summed E-state index contributed by atoms with van der Waals surface area (Å²) in [6.07, 6.45) is 6.02. The molecule has 1 aliphatic heterocycles. The van der Waals surface area contributed by atoms with Crippen molar-refractivity contribution in [3.8, 4) is 22.9 Å². The van der Waals surface area contributed by atoms with E-state index in [9.17, 15) is 19.6 Å². The first-order chi connectivity index (χ1) is 20.3. The highest BCUT2D eigenvalue weighted by molar-refractivity contribution is 5.94. The molecule has 0 radical (unpaired) electrons. The smallest absolute Gasteiger partial charge is 0.247 e. The fourth-order valence-electron chi connectivity index (χ4n) is 5.84. The Morgan fingerprint density at radius 3 is 2.60 bits per heavy atom. The number of piperidine rings is 1. The van der Waals surface area contributed by atoms with Gasteiger partial charge in [0, 0.05) is 42.9 Å². The molecule has 5 rings (SSSR count). The van der Waals surface area contributed by atoms with E-state index in [0.717, 1.165) is 17.7 Å². The van der Waals surface area contributed by atoms with Crippen LogP contribution in [0, 0.1) is 16.7 Å². The van der Waals surface area contributed by atoms with Crippen LogP contribution in [0.1, 0.15) is 39.2 Å². The number of aromatic nitrogens is 3.